The van der Waals surface area contributed by atoms with E-state index in [-0.39, 0.29) is 0 Å². The average molecular weight is 214 g/mol. The summed E-state index contributed by atoms with van der Waals surface area (Å²) in [5, 5.41) is 9.29. The van der Waals surface area contributed by atoms with Crippen LogP contribution in [0.3, 0.4) is 0 Å². The third kappa shape index (κ3) is 2.25. The van der Waals surface area contributed by atoms with Crippen molar-refractivity contribution < 1.29 is 9.90 Å². The molecule has 1 aromatic rings. The molecule has 76 valence electrons. The minimum atomic E-state index is -1.04. The Kier molecular flexibility index (Phi) is 3.49. The first-order chi connectivity index (χ1) is 6.56. The fourth-order valence-corrected chi connectivity index (χ4v) is 1.49. The van der Waals surface area contributed by atoms with Crippen LogP contribution in [0.25, 0.3) is 0 Å². The van der Waals surface area contributed by atoms with Crippen molar-refractivity contribution in [3.63, 3.8) is 0 Å². The minimum absolute atomic E-state index is 0.508. The van der Waals surface area contributed by atoms with Gasteiger partial charge < -0.3 is 10.8 Å². The van der Waals surface area contributed by atoms with E-state index < -0.39 is 12.0 Å². The Morgan fingerprint density at radius 2 is 2.29 bits per heavy atom. The van der Waals surface area contributed by atoms with Crippen LogP contribution in [-0.2, 0) is 11.2 Å². The van der Waals surface area contributed by atoms with Crippen LogP contribution >= 0.6 is 11.6 Å². The maximum Gasteiger partial charge on any atom is 0.325 e. The highest BCUT2D eigenvalue weighted by Gasteiger charge is 2.17. The third-order valence-electron chi connectivity index (χ3n) is 2.09. The van der Waals surface area contributed by atoms with E-state index in [1.165, 1.54) is 0 Å². The number of halogens is 1. The summed E-state index contributed by atoms with van der Waals surface area (Å²) < 4.78 is 0. The Morgan fingerprint density at radius 3 is 2.79 bits per heavy atom. The number of hydrogen-bond donors (Lipinski definition) is 2. The van der Waals surface area contributed by atoms with Gasteiger partial charge >= 0.3 is 5.97 Å². The van der Waals surface area contributed by atoms with Gasteiger partial charge in [0.2, 0.25) is 0 Å². The monoisotopic (exact) mass is 213 g/mol. The van der Waals surface area contributed by atoms with E-state index in [0.29, 0.717) is 10.6 Å². The molecule has 0 aliphatic carbocycles. The maximum absolute atomic E-state index is 10.7. The predicted octanol–water partition coefficient (Wildman–Crippen LogP) is 1.99. The van der Waals surface area contributed by atoms with Crippen molar-refractivity contribution >= 4 is 17.6 Å². The van der Waals surface area contributed by atoms with E-state index in [1.54, 1.807) is 18.2 Å². The Hall–Kier alpha value is -1.06. The number of carboxylic acids is 1. The van der Waals surface area contributed by atoms with E-state index in [2.05, 4.69) is 0 Å². The van der Waals surface area contributed by atoms with Crippen LogP contribution in [0.5, 0.6) is 0 Å². The molecule has 1 atom stereocenters. The van der Waals surface area contributed by atoms with Crippen LogP contribution < -0.4 is 5.73 Å². The molecule has 0 aromatic heterocycles. The molecule has 0 heterocycles. The zero-order valence-corrected chi connectivity index (χ0v) is 8.58. The lowest BCUT2D eigenvalue weighted by atomic mass is 9.99. The van der Waals surface area contributed by atoms with E-state index >= 15 is 0 Å². The minimum Gasteiger partial charge on any atom is -0.480 e. The highest BCUT2D eigenvalue weighted by molar-refractivity contribution is 6.30. The second-order valence-corrected chi connectivity index (χ2v) is 3.45. The van der Waals surface area contributed by atoms with Crippen LogP contribution in [-0.4, -0.2) is 11.1 Å². The van der Waals surface area contributed by atoms with Crippen LogP contribution in [0, 0.1) is 0 Å². The summed E-state index contributed by atoms with van der Waals surface area (Å²) in [4.78, 5) is 10.7. The Morgan fingerprint density at radius 1 is 1.64 bits per heavy atom. The van der Waals surface area contributed by atoms with E-state index in [1.807, 2.05) is 6.92 Å². The molecule has 1 aromatic carbocycles. The van der Waals surface area contributed by atoms with Crippen molar-refractivity contribution in [3.8, 4) is 0 Å². The lowest BCUT2D eigenvalue weighted by Crippen LogP contribution is -2.22. The summed E-state index contributed by atoms with van der Waals surface area (Å²) in [5.41, 5.74) is 7.04. The summed E-state index contributed by atoms with van der Waals surface area (Å²) >= 11 is 5.77. The smallest absolute Gasteiger partial charge is 0.325 e. The summed E-state index contributed by atoms with van der Waals surface area (Å²) in [6.45, 7) is 1.95. The summed E-state index contributed by atoms with van der Waals surface area (Å²) in [6.07, 6.45) is 0.744. The van der Waals surface area contributed by atoms with Crippen LogP contribution in [0.4, 0.5) is 0 Å². The molecule has 3 nitrogen and oxygen atoms in total. The number of rotatable bonds is 3. The molecular weight excluding hydrogens is 202 g/mol. The number of benzene rings is 1. The van der Waals surface area contributed by atoms with Crippen molar-refractivity contribution in [2.75, 3.05) is 0 Å². The highest BCUT2D eigenvalue weighted by Crippen LogP contribution is 2.21. The Bertz CT molecular complexity index is 352. The van der Waals surface area contributed by atoms with Gasteiger partial charge in [-0.1, -0.05) is 24.6 Å². The number of carbonyl (C=O) groups is 1. The average Bonchev–Trinajstić information content (AvgIpc) is 2.16. The number of aliphatic carboxylic acids is 1. The molecule has 3 N–H and O–H groups in total. The lowest BCUT2D eigenvalue weighted by molar-refractivity contribution is -0.138. The van der Waals surface area contributed by atoms with E-state index in [0.717, 1.165) is 12.0 Å². The van der Waals surface area contributed by atoms with E-state index in [4.69, 9.17) is 22.4 Å². The second-order valence-electron chi connectivity index (χ2n) is 3.01. The fraction of sp³-hybridized carbons (Fsp3) is 0.300. The number of nitrogens with two attached hydrogens (primary N) is 1. The third-order valence-corrected chi connectivity index (χ3v) is 2.33. The van der Waals surface area contributed by atoms with Crippen molar-refractivity contribution in [1.82, 2.24) is 0 Å². The van der Waals surface area contributed by atoms with Crippen LogP contribution in [0.15, 0.2) is 18.2 Å². The van der Waals surface area contributed by atoms with Crippen molar-refractivity contribution in [1.29, 1.82) is 0 Å². The normalized spacial score (nSPS) is 12.5. The van der Waals surface area contributed by atoms with Crippen LogP contribution in [0.1, 0.15) is 24.1 Å². The summed E-state index contributed by atoms with van der Waals surface area (Å²) in [6, 6.07) is 4.15. The van der Waals surface area contributed by atoms with Gasteiger partial charge in [0, 0.05) is 5.02 Å². The molecule has 0 amide bonds. The molecule has 0 aliphatic rings. The number of aryl methyl sites for hydroxylation is 1. The van der Waals surface area contributed by atoms with Crippen molar-refractivity contribution in [2.45, 2.75) is 19.4 Å². The summed E-state index contributed by atoms with van der Waals surface area (Å²) in [7, 11) is 0. The topological polar surface area (TPSA) is 63.3 Å². The Balaban J connectivity index is 3.16. The first kappa shape index (κ1) is 11.0. The molecule has 1 unspecified atom stereocenters. The SMILES string of the molecule is CCc1ccc(Cl)cc1C(N)C(=O)O. The molecule has 1 rings (SSSR count). The molecule has 0 saturated carbocycles. The van der Waals surface area contributed by atoms with Gasteiger partial charge in [0.1, 0.15) is 6.04 Å². The molecule has 0 fully saturated rings. The number of hydrogen-bond acceptors (Lipinski definition) is 2. The first-order valence-corrected chi connectivity index (χ1v) is 4.70. The van der Waals surface area contributed by atoms with Gasteiger partial charge in [-0.05, 0) is 29.7 Å². The zero-order chi connectivity index (χ0) is 10.7. The molecule has 0 bridgehead atoms. The molecule has 4 heteroatoms. The largest absolute Gasteiger partial charge is 0.480 e. The zero-order valence-electron chi connectivity index (χ0n) is 7.83. The molecule has 0 saturated heterocycles. The Labute approximate surface area is 87.5 Å². The highest BCUT2D eigenvalue weighted by atomic mass is 35.5. The van der Waals surface area contributed by atoms with Gasteiger partial charge in [-0.2, -0.15) is 0 Å². The molecule has 0 aliphatic heterocycles. The molecule has 14 heavy (non-hydrogen) atoms. The van der Waals surface area contributed by atoms with Gasteiger partial charge in [0.05, 0.1) is 0 Å². The molecule has 0 radical (unpaired) electrons. The van der Waals surface area contributed by atoms with Gasteiger partial charge in [-0.15, -0.1) is 0 Å². The van der Waals surface area contributed by atoms with Gasteiger partial charge in [0.15, 0.2) is 0 Å². The standard InChI is InChI=1S/C10H12ClNO2/c1-2-6-3-4-7(11)5-8(6)9(12)10(13)14/h3-5,9H,2,12H2,1H3,(H,13,14). The molecular formula is C10H12ClNO2. The summed E-state index contributed by atoms with van der Waals surface area (Å²) in [5.74, 6) is -1.04. The predicted molar refractivity (Wildman–Crippen MR) is 55.4 cm³/mol. The molecule has 0 spiro atoms. The quantitative estimate of drug-likeness (QED) is 0.807. The first-order valence-electron chi connectivity index (χ1n) is 4.33. The van der Waals surface area contributed by atoms with Gasteiger partial charge in [-0.25, -0.2) is 0 Å². The number of carboxylic acid groups (broad SMARTS) is 1. The van der Waals surface area contributed by atoms with Crippen molar-refractivity contribution in [2.24, 2.45) is 5.73 Å². The maximum atomic E-state index is 10.7. The van der Waals surface area contributed by atoms with Gasteiger partial charge in [0.25, 0.3) is 0 Å². The fourth-order valence-electron chi connectivity index (χ4n) is 1.31. The second kappa shape index (κ2) is 4.44. The van der Waals surface area contributed by atoms with Crippen LogP contribution in [0.2, 0.25) is 5.02 Å². The van der Waals surface area contributed by atoms with E-state index in [9.17, 15) is 4.79 Å². The van der Waals surface area contributed by atoms with Gasteiger partial charge in [-0.3, -0.25) is 4.79 Å². The van der Waals surface area contributed by atoms with Crippen molar-refractivity contribution in [3.05, 3.63) is 34.3 Å². The lowest BCUT2D eigenvalue weighted by Gasteiger charge is -2.12.